The van der Waals surface area contributed by atoms with Crippen molar-refractivity contribution < 1.29 is 0 Å². The Labute approximate surface area is 101 Å². The van der Waals surface area contributed by atoms with Gasteiger partial charge >= 0.3 is 0 Å². The second-order valence-electron chi connectivity index (χ2n) is 4.21. The number of aromatic nitrogens is 3. The van der Waals surface area contributed by atoms with Crippen LogP contribution in [0, 0.1) is 0 Å². The molecule has 0 N–H and O–H groups in total. The molecular weight excluding hydrogens is 214 g/mol. The summed E-state index contributed by atoms with van der Waals surface area (Å²) < 4.78 is 3.60. The van der Waals surface area contributed by atoms with Crippen LogP contribution in [-0.4, -0.2) is 14.3 Å². The Hall–Kier alpha value is -1.84. The minimum atomic E-state index is 0.00518. The molecule has 0 saturated heterocycles. The monoisotopic (exact) mass is 231 g/mol. The van der Waals surface area contributed by atoms with Crippen LogP contribution in [0.25, 0.3) is 0 Å². The van der Waals surface area contributed by atoms with Gasteiger partial charge in [0, 0.05) is 24.5 Å². The van der Waals surface area contributed by atoms with Crippen molar-refractivity contribution >= 4 is 0 Å². The molecule has 2 heterocycles. The van der Waals surface area contributed by atoms with Crippen LogP contribution in [0.15, 0.2) is 41.5 Å². The number of hydrogen-bond acceptors (Lipinski definition) is 2. The molecular formula is C13H17N3O. The van der Waals surface area contributed by atoms with E-state index in [1.54, 1.807) is 22.9 Å². The Morgan fingerprint density at radius 2 is 2.12 bits per heavy atom. The van der Waals surface area contributed by atoms with Gasteiger partial charge in [0.05, 0.1) is 12.2 Å². The van der Waals surface area contributed by atoms with Gasteiger partial charge in [0.25, 0.3) is 5.56 Å². The van der Waals surface area contributed by atoms with Crippen LogP contribution in [0.5, 0.6) is 0 Å². The first-order valence-corrected chi connectivity index (χ1v) is 5.90. The van der Waals surface area contributed by atoms with Crippen molar-refractivity contribution in [2.75, 3.05) is 0 Å². The largest absolute Gasteiger partial charge is 0.309 e. The van der Waals surface area contributed by atoms with Gasteiger partial charge in [-0.15, -0.1) is 0 Å². The minimum absolute atomic E-state index is 0.00518. The van der Waals surface area contributed by atoms with Crippen molar-refractivity contribution in [3.63, 3.8) is 0 Å². The number of pyridine rings is 1. The Morgan fingerprint density at radius 1 is 1.29 bits per heavy atom. The molecule has 0 aliphatic heterocycles. The molecule has 2 aromatic heterocycles. The van der Waals surface area contributed by atoms with E-state index in [0.717, 1.165) is 12.1 Å². The van der Waals surface area contributed by atoms with Gasteiger partial charge in [-0.25, -0.2) is 0 Å². The standard InChI is InChI=1S/C13H17N3O/c1-3-11(2)16-9-7-12(14-16)10-15-8-5-4-6-13(15)17/h4-9,11H,3,10H2,1-2H3. The van der Waals surface area contributed by atoms with Gasteiger partial charge in [-0.2, -0.15) is 5.10 Å². The van der Waals surface area contributed by atoms with E-state index in [-0.39, 0.29) is 5.56 Å². The van der Waals surface area contributed by atoms with Gasteiger partial charge in [-0.3, -0.25) is 9.48 Å². The third-order valence-corrected chi connectivity index (χ3v) is 2.94. The summed E-state index contributed by atoms with van der Waals surface area (Å²) in [5.41, 5.74) is 0.921. The van der Waals surface area contributed by atoms with Crippen molar-refractivity contribution in [1.29, 1.82) is 0 Å². The van der Waals surface area contributed by atoms with Crippen molar-refractivity contribution in [1.82, 2.24) is 14.3 Å². The van der Waals surface area contributed by atoms with Gasteiger partial charge in [-0.05, 0) is 25.5 Å². The molecule has 0 bridgehead atoms. The molecule has 0 aliphatic carbocycles. The van der Waals surface area contributed by atoms with Crippen LogP contribution in [0.4, 0.5) is 0 Å². The normalized spacial score (nSPS) is 12.6. The molecule has 4 nitrogen and oxygen atoms in total. The molecule has 0 aliphatic rings. The summed E-state index contributed by atoms with van der Waals surface area (Å²) in [5.74, 6) is 0. The van der Waals surface area contributed by atoms with Gasteiger partial charge in [0.15, 0.2) is 0 Å². The number of nitrogens with zero attached hydrogens (tertiary/aromatic N) is 3. The zero-order chi connectivity index (χ0) is 12.3. The maximum atomic E-state index is 11.5. The average molecular weight is 231 g/mol. The van der Waals surface area contributed by atoms with Crippen molar-refractivity contribution in [2.45, 2.75) is 32.9 Å². The highest BCUT2D eigenvalue weighted by molar-refractivity contribution is 5.03. The minimum Gasteiger partial charge on any atom is -0.309 e. The van der Waals surface area contributed by atoms with Crippen LogP contribution in [0.1, 0.15) is 32.0 Å². The molecule has 90 valence electrons. The van der Waals surface area contributed by atoms with E-state index in [0.29, 0.717) is 12.6 Å². The van der Waals surface area contributed by atoms with E-state index in [9.17, 15) is 4.79 Å². The summed E-state index contributed by atoms with van der Waals surface area (Å²) in [6.45, 7) is 4.79. The van der Waals surface area contributed by atoms with Crippen LogP contribution in [0.2, 0.25) is 0 Å². The Bertz CT molecular complexity index is 541. The van der Waals surface area contributed by atoms with E-state index < -0.39 is 0 Å². The summed E-state index contributed by atoms with van der Waals surface area (Å²) in [4.78, 5) is 11.5. The lowest BCUT2D eigenvalue weighted by Gasteiger charge is -2.08. The molecule has 4 heteroatoms. The van der Waals surface area contributed by atoms with Gasteiger partial charge < -0.3 is 4.57 Å². The molecule has 0 radical (unpaired) electrons. The molecule has 17 heavy (non-hydrogen) atoms. The smallest absolute Gasteiger partial charge is 0.250 e. The summed E-state index contributed by atoms with van der Waals surface area (Å²) in [6.07, 6.45) is 4.80. The van der Waals surface area contributed by atoms with E-state index in [4.69, 9.17) is 0 Å². The first kappa shape index (κ1) is 11.6. The molecule has 0 amide bonds. The lowest BCUT2D eigenvalue weighted by atomic mass is 10.3. The van der Waals surface area contributed by atoms with Gasteiger partial charge in [0.2, 0.25) is 0 Å². The zero-order valence-electron chi connectivity index (χ0n) is 10.2. The molecule has 0 spiro atoms. The lowest BCUT2D eigenvalue weighted by molar-refractivity contribution is 0.472. The molecule has 2 rings (SSSR count). The molecule has 0 aromatic carbocycles. The number of hydrogen-bond donors (Lipinski definition) is 0. The molecule has 1 unspecified atom stereocenters. The zero-order valence-corrected chi connectivity index (χ0v) is 10.2. The lowest BCUT2D eigenvalue weighted by Crippen LogP contribution is -2.18. The fourth-order valence-electron chi connectivity index (χ4n) is 1.66. The maximum Gasteiger partial charge on any atom is 0.250 e. The summed E-state index contributed by atoms with van der Waals surface area (Å²) in [6, 6.07) is 7.53. The Kier molecular flexibility index (Phi) is 3.42. The third-order valence-electron chi connectivity index (χ3n) is 2.94. The predicted octanol–water partition coefficient (Wildman–Crippen LogP) is 2.06. The van der Waals surface area contributed by atoms with Crippen molar-refractivity contribution in [2.24, 2.45) is 0 Å². The summed E-state index contributed by atoms with van der Waals surface area (Å²) in [5, 5.41) is 4.47. The van der Waals surface area contributed by atoms with E-state index in [2.05, 4.69) is 18.9 Å². The highest BCUT2D eigenvalue weighted by Crippen LogP contribution is 2.09. The second-order valence-corrected chi connectivity index (χ2v) is 4.21. The van der Waals surface area contributed by atoms with E-state index in [1.165, 1.54) is 0 Å². The Balaban J connectivity index is 2.17. The molecule has 0 saturated carbocycles. The average Bonchev–Trinajstić information content (AvgIpc) is 2.80. The SMILES string of the molecule is CCC(C)n1ccc(Cn2ccccc2=O)n1. The first-order valence-electron chi connectivity index (χ1n) is 5.90. The third kappa shape index (κ3) is 2.64. The van der Waals surface area contributed by atoms with Crippen LogP contribution in [0.3, 0.4) is 0 Å². The van der Waals surface area contributed by atoms with Crippen LogP contribution in [-0.2, 0) is 6.54 Å². The summed E-state index contributed by atoms with van der Waals surface area (Å²) in [7, 11) is 0. The van der Waals surface area contributed by atoms with E-state index >= 15 is 0 Å². The maximum absolute atomic E-state index is 11.5. The fourth-order valence-corrected chi connectivity index (χ4v) is 1.66. The topological polar surface area (TPSA) is 39.8 Å². The first-order chi connectivity index (χ1) is 8.20. The molecule has 1 atom stereocenters. The quantitative estimate of drug-likeness (QED) is 0.808. The predicted molar refractivity (Wildman–Crippen MR) is 67.0 cm³/mol. The van der Waals surface area contributed by atoms with Crippen LogP contribution >= 0.6 is 0 Å². The Morgan fingerprint density at radius 3 is 2.82 bits per heavy atom. The van der Waals surface area contributed by atoms with Gasteiger partial charge in [0.1, 0.15) is 0 Å². The molecule has 2 aromatic rings. The van der Waals surface area contributed by atoms with Crippen molar-refractivity contribution in [3.05, 3.63) is 52.7 Å². The van der Waals surface area contributed by atoms with Crippen LogP contribution < -0.4 is 5.56 Å². The highest BCUT2D eigenvalue weighted by Gasteiger charge is 2.05. The van der Waals surface area contributed by atoms with Crippen molar-refractivity contribution in [3.8, 4) is 0 Å². The number of rotatable bonds is 4. The second kappa shape index (κ2) is 4.99. The fraction of sp³-hybridized carbons (Fsp3) is 0.385. The summed E-state index contributed by atoms with van der Waals surface area (Å²) >= 11 is 0. The van der Waals surface area contributed by atoms with Gasteiger partial charge in [-0.1, -0.05) is 13.0 Å². The van der Waals surface area contributed by atoms with E-state index in [1.807, 2.05) is 23.0 Å². The highest BCUT2D eigenvalue weighted by atomic mass is 16.1. The molecule has 0 fully saturated rings.